The van der Waals surface area contributed by atoms with E-state index in [1.165, 1.54) is 0 Å². The Morgan fingerprint density at radius 1 is 1.18 bits per heavy atom. The van der Waals surface area contributed by atoms with Crippen molar-refractivity contribution in [3.63, 3.8) is 0 Å². The van der Waals surface area contributed by atoms with Gasteiger partial charge in [0.2, 0.25) is 0 Å². The topological polar surface area (TPSA) is 75.7 Å². The van der Waals surface area contributed by atoms with Crippen molar-refractivity contribution < 1.29 is 14.3 Å². The number of benzene rings is 1. The van der Waals surface area contributed by atoms with Crippen LogP contribution in [0.5, 0.6) is 11.5 Å². The molecule has 3 rings (SSSR count). The Hall–Kier alpha value is -2.22. The van der Waals surface area contributed by atoms with Crippen LogP contribution in [0, 0.1) is 0 Å². The molecule has 1 unspecified atom stereocenters. The third kappa shape index (κ3) is 6.74. The standard InChI is InChI=1S/C19H24N4O3.2ClH/c1-2-25-16-7-5-15(6-8-16)18(26-17-4-3-9-21-14-17)22-19(24)23-12-10-20-11-13-23;;/h3-9,14,18,20H,2,10-13H2,1H3,(H,22,24);2*1H. The molecule has 2 heterocycles. The predicted octanol–water partition coefficient (Wildman–Crippen LogP) is 3.02. The molecule has 1 saturated heterocycles. The van der Waals surface area contributed by atoms with E-state index in [0.29, 0.717) is 25.4 Å². The number of hydrogen-bond donors (Lipinski definition) is 2. The number of urea groups is 1. The van der Waals surface area contributed by atoms with Crippen LogP contribution in [-0.2, 0) is 0 Å². The van der Waals surface area contributed by atoms with Crippen LogP contribution < -0.4 is 20.1 Å². The zero-order chi connectivity index (χ0) is 18.2. The van der Waals surface area contributed by atoms with Crippen molar-refractivity contribution in [1.82, 2.24) is 20.5 Å². The number of halogens is 2. The largest absolute Gasteiger partial charge is 0.494 e. The summed E-state index contributed by atoms with van der Waals surface area (Å²) in [6, 6.07) is 11.0. The Morgan fingerprint density at radius 2 is 1.89 bits per heavy atom. The van der Waals surface area contributed by atoms with Gasteiger partial charge in [0.25, 0.3) is 0 Å². The Labute approximate surface area is 177 Å². The van der Waals surface area contributed by atoms with Crippen molar-refractivity contribution in [2.24, 2.45) is 0 Å². The number of nitrogens with zero attached hydrogens (tertiary/aromatic N) is 2. The van der Waals surface area contributed by atoms with Crippen LogP contribution in [0.25, 0.3) is 0 Å². The minimum atomic E-state index is -0.614. The molecule has 1 aromatic carbocycles. The molecule has 9 heteroatoms. The van der Waals surface area contributed by atoms with E-state index < -0.39 is 6.23 Å². The van der Waals surface area contributed by atoms with Gasteiger partial charge in [-0.05, 0) is 43.3 Å². The number of carbonyl (C=O) groups is 1. The monoisotopic (exact) mass is 428 g/mol. The molecule has 0 saturated carbocycles. The lowest BCUT2D eigenvalue weighted by Crippen LogP contribution is -2.51. The lowest BCUT2D eigenvalue weighted by atomic mass is 10.2. The van der Waals surface area contributed by atoms with Gasteiger partial charge in [-0.1, -0.05) is 0 Å². The van der Waals surface area contributed by atoms with Gasteiger partial charge in [-0.15, -0.1) is 24.8 Å². The molecule has 1 aliphatic heterocycles. The fraction of sp³-hybridized carbons (Fsp3) is 0.368. The summed E-state index contributed by atoms with van der Waals surface area (Å²) in [5, 5.41) is 6.21. The van der Waals surface area contributed by atoms with Crippen LogP contribution in [0.2, 0.25) is 0 Å². The summed E-state index contributed by atoms with van der Waals surface area (Å²) in [5.74, 6) is 1.37. The van der Waals surface area contributed by atoms with E-state index >= 15 is 0 Å². The first-order chi connectivity index (χ1) is 12.8. The Bertz CT molecular complexity index is 698. The number of amides is 2. The van der Waals surface area contributed by atoms with Gasteiger partial charge in [0.05, 0.1) is 12.8 Å². The summed E-state index contributed by atoms with van der Waals surface area (Å²) in [7, 11) is 0. The smallest absolute Gasteiger partial charge is 0.320 e. The Kier molecular flexibility index (Phi) is 10.4. The molecule has 0 radical (unpaired) electrons. The minimum absolute atomic E-state index is 0. The molecule has 2 N–H and O–H groups in total. The second-order valence-electron chi connectivity index (χ2n) is 5.88. The molecule has 1 aromatic heterocycles. The zero-order valence-electron chi connectivity index (χ0n) is 15.7. The number of ether oxygens (including phenoxy) is 2. The fourth-order valence-corrected chi connectivity index (χ4v) is 2.71. The molecule has 1 fully saturated rings. The summed E-state index contributed by atoms with van der Waals surface area (Å²) in [6.07, 6.45) is 2.69. The molecule has 0 spiro atoms. The number of carbonyl (C=O) groups excluding carboxylic acids is 1. The highest BCUT2D eigenvalue weighted by Crippen LogP contribution is 2.22. The summed E-state index contributed by atoms with van der Waals surface area (Å²) in [6.45, 7) is 5.49. The van der Waals surface area contributed by atoms with Crippen molar-refractivity contribution in [3.8, 4) is 11.5 Å². The van der Waals surface area contributed by atoms with Crippen LogP contribution in [0.1, 0.15) is 18.7 Å². The molecule has 1 atom stereocenters. The third-order valence-electron chi connectivity index (χ3n) is 4.04. The molecule has 7 nitrogen and oxygen atoms in total. The van der Waals surface area contributed by atoms with Crippen LogP contribution in [0.4, 0.5) is 4.79 Å². The molecular weight excluding hydrogens is 403 g/mol. The molecule has 28 heavy (non-hydrogen) atoms. The maximum absolute atomic E-state index is 12.6. The van der Waals surface area contributed by atoms with Crippen LogP contribution in [0.3, 0.4) is 0 Å². The van der Waals surface area contributed by atoms with E-state index in [1.54, 1.807) is 23.4 Å². The number of pyridine rings is 1. The van der Waals surface area contributed by atoms with Crippen molar-refractivity contribution in [3.05, 3.63) is 54.4 Å². The van der Waals surface area contributed by atoms with Gasteiger partial charge in [-0.3, -0.25) is 10.3 Å². The van der Waals surface area contributed by atoms with Gasteiger partial charge in [-0.25, -0.2) is 4.79 Å². The zero-order valence-corrected chi connectivity index (χ0v) is 17.3. The quantitative estimate of drug-likeness (QED) is 0.691. The lowest BCUT2D eigenvalue weighted by Gasteiger charge is -2.30. The number of aromatic nitrogens is 1. The number of piperazine rings is 1. The second-order valence-corrected chi connectivity index (χ2v) is 5.88. The van der Waals surface area contributed by atoms with Crippen molar-refractivity contribution >= 4 is 30.8 Å². The normalized spacial score (nSPS) is 14.1. The molecule has 0 bridgehead atoms. The van der Waals surface area contributed by atoms with Crippen LogP contribution >= 0.6 is 24.8 Å². The number of nitrogens with one attached hydrogen (secondary N) is 2. The van der Waals surface area contributed by atoms with E-state index in [0.717, 1.165) is 24.4 Å². The van der Waals surface area contributed by atoms with E-state index in [-0.39, 0.29) is 30.8 Å². The molecule has 2 aromatic rings. The number of hydrogen-bond acceptors (Lipinski definition) is 5. The minimum Gasteiger partial charge on any atom is -0.494 e. The lowest BCUT2D eigenvalue weighted by molar-refractivity contribution is 0.139. The summed E-state index contributed by atoms with van der Waals surface area (Å²) in [5.41, 5.74) is 0.834. The van der Waals surface area contributed by atoms with Gasteiger partial charge in [0, 0.05) is 37.9 Å². The first kappa shape index (κ1) is 23.8. The summed E-state index contributed by atoms with van der Waals surface area (Å²) < 4.78 is 11.5. The van der Waals surface area contributed by atoms with E-state index in [2.05, 4.69) is 15.6 Å². The van der Waals surface area contributed by atoms with E-state index in [4.69, 9.17) is 9.47 Å². The number of rotatable bonds is 6. The Balaban J connectivity index is 0.00000196. The highest BCUT2D eigenvalue weighted by Gasteiger charge is 2.22. The van der Waals surface area contributed by atoms with E-state index in [9.17, 15) is 4.79 Å². The van der Waals surface area contributed by atoms with Crippen LogP contribution in [0.15, 0.2) is 48.8 Å². The van der Waals surface area contributed by atoms with Gasteiger partial charge in [0.15, 0.2) is 6.23 Å². The highest BCUT2D eigenvalue weighted by atomic mass is 35.5. The van der Waals surface area contributed by atoms with Gasteiger partial charge in [0.1, 0.15) is 11.5 Å². The summed E-state index contributed by atoms with van der Waals surface area (Å²) >= 11 is 0. The molecule has 0 aliphatic carbocycles. The molecular formula is C19H26Cl2N4O3. The highest BCUT2D eigenvalue weighted by molar-refractivity contribution is 5.85. The van der Waals surface area contributed by atoms with Gasteiger partial charge >= 0.3 is 6.03 Å². The predicted molar refractivity (Wildman–Crippen MR) is 113 cm³/mol. The first-order valence-corrected chi connectivity index (χ1v) is 8.82. The first-order valence-electron chi connectivity index (χ1n) is 8.82. The Morgan fingerprint density at radius 3 is 2.50 bits per heavy atom. The van der Waals surface area contributed by atoms with Crippen molar-refractivity contribution in [2.75, 3.05) is 32.8 Å². The van der Waals surface area contributed by atoms with Crippen molar-refractivity contribution in [1.29, 1.82) is 0 Å². The molecule has 2 amide bonds. The van der Waals surface area contributed by atoms with Gasteiger partial charge < -0.3 is 19.7 Å². The second kappa shape index (κ2) is 12.3. The fourth-order valence-electron chi connectivity index (χ4n) is 2.71. The maximum atomic E-state index is 12.6. The van der Waals surface area contributed by atoms with E-state index in [1.807, 2.05) is 37.3 Å². The third-order valence-corrected chi connectivity index (χ3v) is 4.04. The van der Waals surface area contributed by atoms with Gasteiger partial charge in [-0.2, -0.15) is 0 Å². The maximum Gasteiger partial charge on any atom is 0.320 e. The average Bonchev–Trinajstić information content (AvgIpc) is 2.70. The van der Waals surface area contributed by atoms with Crippen LogP contribution in [-0.4, -0.2) is 48.7 Å². The van der Waals surface area contributed by atoms with Crippen molar-refractivity contribution in [2.45, 2.75) is 13.2 Å². The SMILES string of the molecule is CCOc1ccc(C(NC(=O)N2CCNCC2)Oc2cccnc2)cc1.Cl.Cl. The molecule has 1 aliphatic rings. The summed E-state index contributed by atoms with van der Waals surface area (Å²) in [4.78, 5) is 18.5. The molecule has 154 valence electrons. The average molecular weight is 429 g/mol.